The van der Waals surface area contributed by atoms with Crippen LogP contribution in [0.2, 0.25) is 0 Å². The van der Waals surface area contributed by atoms with Gasteiger partial charge in [0.05, 0.1) is 12.0 Å². The van der Waals surface area contributed by atoms with E-state index in [1.165, 1.54) is 37.0 Å². The molecule has 0 heterocycles. The first-order valence-corrected chi connectivity index (χ1v) is 14.3. The first kappa shape index (κ1) is 25.7. The Hall–Kier alpha value is -1.95. The molecule has 1 aromatic carbocycles. The maximum absolute atomic E-state index is 13.2. The van der Waals surface area contributed by atoms with Gasteiger partial charge in [0.15, 0.2) is 5.11 Å². The summed E-state index contributed by atoms with van der Waals surface area (Å²) in [4.78, 5) is 13.2. The van der Waals surface area contributed by atoms with Gasteiger partial charge in [-0.25, -0.2) is 0 Å². The number of carbonyl (C=O) groups excluding carboxylic acids is 1. The number of hydrogen-bond acceptors (Lipinski definition) is 4. The third-order valence-electron chi connectivity index (χ3n) is 10.7. The topological polar surface area (TPSA) is 62.7 Å². The molecule has 5 nitrogen and oxygen atoms in total. The highest BCUT2D eigenvalue weighted by atomic mass is 32.1. The lowest BCUT2D eigenvalue weighted by Crippen LogP contribution is -2.58. The number of anilines is 1. The lowest BCUT2D eigenvalue weighted by atomic mass is 9.40. The van der Waals surface area contributed by atoms with Crippen LogP contribution >= 0.6 is 12.2 Å². The standard InChI is InChI=1S/C30H43N3O2S/c1-6-35-25(34)29(5)15-7-14-28(4)22(29)13-17-30-18-24(27(3,19-30)16-12-23(28)30)32-33-26(36)31-21-10-8-20(2)9-11-21/h8-11,22-23H,6-7,12-19H2,1-5H3,(H2,31,33,36)/b32-24+/t22-,23-,27-,28+,29+,30-/m0/s1. The number of benzene rings is 1. The molecule has 2 N–H and O–H groups in total. The van der Waals surface area contributed by atoms with Gasteiger partial charge < -0.3 is 10.1 Å². The second kappa shape index (κ2) is 9.11. The van der Waals surface area contributed by atoms with Gasteiger partial charge in [0.25, 0.3) is 0 Å². The molecule has 4 aliphatic rings. The molecule has 36 heavy (non-hydrogen) atoms. The minimum absolute atomic E-state index is 0.0324. The first-order chi connectivity index (χ1) is 17.0. The summed E-state index contributed by atoms with van der Waals surface area (Å²) in [7, 11) is 0. The van der Waals surface area contributed by atoms with Crippen molar-refractivity contribution in [3.8, 4) is 0 Å². The molecule has 1 spiro atoms. The molecule has 4 fully saturated rings. The summed E-state index contributed by atoms with van der Waals surface area (Å²) in [6.07, 6.45) is 10.3. The minimum atomic E-state index is -0.351. The number of aryl methyl sites for hydroxylation is 1. The number of carbonyl (C=O) groups is 1. The summed E-state index contributed by atoms with van der Waals surface area (Å²) in [5.41, 5.74) is 6.91. The number of thiocarbonyl (C=S) groups is 1. The van der Waals surface area contributed by atoms with Crippen LogP contribution in [0, 0.1) is 40.4 Å². The van der Waals surface area contributed by atoms with E-state index in [0.29, 0.717) is 23.6 Å². The van der Waals surface area contributed by atoms with Gasteiger partial charge in [-0.1, -0.05) is 38.0 Å². The maximum atomic E-state index is 13.2. The Morgan fingerprint density at radius 2 is 1.81 bits per heavy atom. The van der Waals surface area contributed by atoms with Crippen molar-refractivity contribution in [3.63, 3.8) is 0 Å². The summed E-state index contributed by atoms with van der Waals surface area (Å²) in [5.74, 6) is 1.07. The summed E-state index contributed by atoms with van der Waals surface area (Å²) < 4.78 is 5.63. The van der Waals surface area contributed by atoms with Crippen molar-refractivity contribution in [3.05, 3.63) is 29.8 Å². The Bertz CT molecular complexity index is 1070. The van der Waals surface area contributed by atoms with E-state index < -0.39 is 0 Å². The molecule has 4 aliphatic carbocycles. The van der Waals surface area contributed by atoms with Gasteiger partial charge in [0.2, 0.25) is 0 Å². The molecule has 0 amide bonds. The number of hydrogen-bond donors (Lipinski definition) is 2. The number of nitrogens with zero attached hydrogens (tertiary/aromatic N) is 1. The first-order valence-electron chi connectivity index (χ1n) is 13.9. The fraction of sp³-hybridized carbons (Fsp3) is 0.700. The fourth-order valence-electron chi connectivity index (χ4n) is 9.16. The molecular formula is C30H43N3O2S. The molecular weight excluding hydrogens is 466 g/mol. The Morgan fingerprint density at radius 1 is 1.08 bits per heavy atom. The van der Waals surface area contributed by atoms with Gasteiger partial charge in [-0.15, -0.1) is 0 Å². The molecule has 6 heteroatoms. The molecule has 0 unspecified atom stereocenters. The van der Waals surface area contributed by atoms with Gasteiger partial charge in [-0.2, -0.15) is 5.10 Å². The van der Waals surface area contributed by atoms with Crippen LogP contribution in [0.4, 0.5) is 5.69 Å². The van der Waals surface area contributed by atoms with Gasteiger partial charge >= 0.3 is 5.97 Å². The van der Waals surface area contributed by atoms with E-state index in [2.05, 4.69) is 50.6 Å². The summed E-state index contributed by atoms with van der Waals surface area (Å²) >= 11 is 5.56. The second-order valence-corrected chi connectivity index (χ2v) is 13.4. The average Bonchev–Trinajstić information content (AvgIpc) is 3.03. The van der Waals surface area contributed by atoms with Crippen LogP contribution in [0.15, 0.2) is 29.4 Å². The van der Waals surface area contributed by atoms with Crippen molar-refractivity contribution in [2.75, 3.05) is 11.9 Å². The van der Waals surface area contributed by atoms with Crippen LogP contribution in [0.25, 0.3) is 0 Å². The van der Waals surface area contributed by atoms with Crippen molar-refractivity contribution in [2.45, 2.75) is 92.4 Å². The lowest BCUT2D eigenvalue weighted by molar-refractivity contribution is -0.187. The van der Waals surface area contributed by atoms with Crippen molar-refractivity contribution in [1.82, 2.24) is 5.43 Å². The molecule has 0 saturated heterocycles. The van der Waals surface area contributed by atoms with E-state index in [1.54, 1.807) is 0 Å². The Morgan fingerprint density at radius 3 is 2.53 bits per heavy atom. The van der Waals surface area contributed by atoms with Crippen molar-refractivity contribution >= 4 is 34.7 Å². The number of hydrazone groups is 1. The SMILES string of the molecule is CCOC(=O)[C@]1(C)CCC[C@@]2(C)[C@@H]3CC[C@@]4(C)C[C@]3(CC[C@@H]21)C/C4=N\NC(=S)Nc1ccc(C)cc1. The zero-order chi connectivity index (χ0) is 25.8. The smallest absolute Gasteiger partial charge is 0.312 e. The second-order valence-electron chi connectivity index (χ2n) is 12.9. The predicted octanol–water partition coefficient (Wildman–Crippen LogP) is 7.00. The molecule has 0 aromatic heterocycles. The highest BCUT2D eigenvalue weighted by Gasteiger charge is 2.67. The van der Waals surface area contributed by atoms with Crippen LogP contribution in [0.3, 0.4) is 0 Å². The average molecular weight is 510 g/mol. The van der Waals surface area contributed by atoms with Crippen LogP contribution in [0.5, 0.6) is 0 Å². The quantitative estimate of drug-likeness (QED) is 0.260. The minimum Gasteiger partial charge on any atom is -0.466 e. The van der Waals surface area contributed by atoms with Crippen molar-refractivity contribution in [2.24, 2.45) is 38.6 Å². The molecule has 4 saturated carbocycles. The van der Waals surface area contributed by atoms with Gasteiger partial charge in [-0.05, 0) is 119 Å². The summed E-state index contributed by atoms with van der Waals surface area (Å²) in [5, 5.41) is 8.74. The third-order valence-corrected chi connectivity index (χ3v) is 10.9. The summed E-state index contributed by atoms with van der Waals surface area (Å²) in [6, 6.07) is 8.23. The molecule has 0 radical (unpaired) electrons. The van der Waals surface area contributed by atoms with E-state index >= 15 is 0 Å². The van der Waals surface area contributed by atoms with Crippen LogP contribution in [-0.4, -0.2) is 23.4 Å². The number of nitrogens with one attached hydrogen (secondary N) is 2. The normalized spacial score (nSPS) is 40.2. The Kier molecular flexibility index (Phi) is 6.50. The molecule has 6 atom stereocenters. The molecule has 5 rings (SSSR count). The fourth-order valence-corrected chi connectivity index (χ4v) is 9.32. The van der Waals surface area contributed by atoms with Crippen molar-refractivity contribution in [1.29, 1.82) is 0 Å². The lowest BCUT2D eigenvalue weighted by Gasteiger charge is -2.64. The Labute approximate surface area is 222 Å². The van der Waals surface area contributed by atoms with Crippen molar-refractivity contribution < 1.29 is 9.53 Å². The molecule has 196 valence electrons. The highest BCUT2D eigenvalue weighted by Crippen LogP contribution is 2.73. The molecule has 1 aromatic rings. The zero-order valence-corrected chi connectivity index (χ0v) is 23.5. The van der Waals surface area contributed by atoms with Gasteiger partial charge in [0.1, 0.15) is 0 Å². The van der Waals surface area contributed by atoms with E-state index in [9.17, 15) is 4.79 Å². The number of esters is 1. The largest absolute Gasteiger partial charge is 0.466 e. The van der Waals surface area contributed by atoms with Crippen LogP contribution in [0.1, 0.15) is 91.0 Å². The zero-order valence-electron chi connectivity index (χ0n) is 22.7. The number of fused-ring (bicyclic) bond motifs is 3. The maximum Gasteiger partial charge on any atom is 0.312 e. The van der Waals surface area contributed by atoms with Crippen LogP contribution < -0.4 is 10.7 Å². The van der Waals surface area contributed by atoms with Gasteiger partial charge in [-0.3, -0.25) is 10.2 Å². The van der Waals surface area contributed by atoms with E-state index in [1.807, 2.05) is 19.1 Å². The monoisotopic (exact) mass is 509 g/mol. The van der Waals surface area contributed by atoms with E-state index in [-0.39, 0.29) is 27.6 Å². The summed E-state index contributed by atoms with van der Waals surface area (Å²) in [6.45, 7) is 11.6. The Balaban J connectivity index is 1.35. The van der Waals surface area contributed by atoms with Gasteiger partial charge in [0, 0.05) is 16.8 Å². The number of rotatable bonds is 4. The molecule has 2 bridgehead atoms. The van der Waals surface area contributed by atoms with E-state index in [4.69, 9.17) is 22.1 Å². The third kappa shape index (κ3) is 4.08. The van der Waals surface area contributed by atoms with Crippen LogP contribution in [-0.2, 0) is 9.53 Å². The number of ether oxygens (including phenoxy) is 1. The predicted molar refractivity (Wildman–Crippen MR) is 150 cm³/mol. The molecule has 0 aliphatic heterocycles. The highest BCUT2D eigenvalue weighted by molar-refractivity contribution is 7.80. The van der Waals surface area contributed by atoms with E-state index in [0.717, 1.165) is 37.8 Å².